The average molecular weight is 301 g/mol. The van der Waals surface area contributed by atoms with Crippen molar-refractivity contribution in [2.75, 3.05) is 18.6 Å². The van der Waals surface area contributed by atoms with Crippen molar-refractivity contribution in [1.29, 1.82) is 0 Å². The second-order valence-electron chi connectivity index (χ2n) is 6.79. The number of H-pyrrole nitrogens is 1. The number of nitrogens with one attached hydrogen (secondary N) is 1. The summed E-state index contributed by atoms with van der Waals surface area (Å²) in [5, 5.41) is 6.96. The zero-order valence-corrected chi connectivity index (χ0v) is 13.6. The van der Waals surface area contributed by atoms with E-state index in [0.29, 0.717) is 0 Å². The van der Waals surface area contributed by atoms with Crippen molar-refractivity contribution in [3.63, 3.8) is 0 Å². The number of hydrogen-bond donors (Lipinski definition) is 1. The Labute approximate surface area is 130 Å². The number of aromatic amines is 1. The highest BCUT2D eigenvalue weighted by molar-refractivity contribution is 5.46. The number of nitrogens with zero attached hydrogens (tertiary/aromatic N) is 4. The first-order valence-electron chi connectivity index (χ1n) is 7.60. The van der Waals surface area contributed by atoms with Crippen LogP contribution in [0.25, 0.3) is 0 Å². The van der Waals surface area contributed by atoms with Crippen LogP contribution in [0.5, 0.6) is 0 Å². The molecule has 22 heavy (non-hydrogen) atoms. The molecule has 118 valence electrons. The third kappa shape index (κ3) is 2.83. The highest BCUT2D eigenvalue weighted by atomic mass is 16.5. The van der Waals surface area contributed by atoms with Crippen LogP contribution in [0.3, 0.4) is 0 Å². The Morgan fingerprint density at radius 2 is 2.14 bits per heavy atom. The molecule has 0 aromatic carbocycles. The summed E-state index contributed by atoms with van der Waals surface area (Å²) < 4.78 is 5.56. The number of ether oxygens (including phenoxy) is 1. The van der Waals surface area contributed by atoms with Gasteiger partial charge in [0, 0.05) is 26.3 Å². The van der Waals surface area contributed by atoms with E-state index < -0.39 is 0 Å². The molecule has 0 aliphatic carbocycles. The molecule has 3 heterocycles. The van der Waals surface area contributed by atoms with Crippen LogP contribution < -0.4 is 4.90 Å². The number of rotatable bonds is 3. The predicted octanol–water partition coefficient (Wildman–Crippen LogP) is 2.46. The lowest BCUT2D eigenvalue weighted by atomic mass is 9.88. The van der Waals surface area contributed by atoms with Gasteiger partial charge in [0.1, 0.15) is 18.0 Å². The molecular formula is C16H23N5O. The maximum absolute atomic E-state index is 5.56. The fraction of sp³-hybridized carbons (Fsp3) is 0.562. The Hall–Kier alpha value is -1.95. The minimum atomic E-state index is 0.0970. The van der Waals surface area contributed by atoms with Gasteiger partial charge in [-0.2, -0.15) is 5.10 Å². The van der Waals surface area contributed by atoms with Crippen LogP contribution in [0, 0.1) is 0 Å². The SMILES string of the molecule is CO[C@@H]1C[C@@H](c2ncn[nH]2)N(c2cc(C(C)(C)C)ccn2)C1. The molecule has 0 amide bonds. The van der Waals surface area contributed by atoms with Gasteiger partial charge in [-0.05, 0) is 23.1 Å². The third-order valence-corrected chi connectivity index (χ3v) is 4.25. The van der Waals surface area contributed by atoms with E-state index in [-0.39, 0.29) is 17.6 Å². The van der Waals surface area contributed by atoms with Gasteiger partial charge in [0.15, 0.2) is 0 Å². The molecule has 0 bridgehead atoms. The van der Waals surface area contributed by atoms with Gasteiger partial charge in [0.05, 0.1) is 12.1 Å². The fourth-order valence-electron chi connectivity index (χ4n) is 2.90. The van der Waals surface area contributed by atoms with Gasteiger partial charge in [-0.1, -0.05) is 20.8 Å². The molecule has 2 atom stereocenters. The Morgan fingerprint density at radius 1 is 1.32 bits per heavy atom. The molecule has 6 heteroatoms. The van der Waals surface area contributed by atoms with E-state index >= 15 is 0 Å². The maximum Gasteiger partial charge on any atom is 0.147 e. The molecule has 3 rings (SSSR count). The second kappa shape index (κ2) is 5.68. The van der Waals surface area contributed by atoms with Crippen LogP contribution in [0.2, 0.25) is 0 Å². The lowest BCUT2D eigenvalue weighted by molar-refractivity contribution is 0.118. The molecule has 1 saturated heterocycles. The van der Waals surface area contributed by atoms with Crippen LogP contribution in [-0.2, 0) is 10.2 Å². The summed E-state index contributed by atoms with van der Waals surface area (Å²) in [7, 11) is 1.75. The number of aromatic nitrogens is 4. The monoisotopic (exact) mass is 301 g/mol. The van der Waals surface area contributed by atoms with Gasteiger partial charge in [0.25, 0.3) is 0 Å². The second-order valence-corrected chi connectivity index (χ2v) is 6.79. The van der Waals surface area contributed by atoms with Crippen LogP contribution in [-0.4, -0.2) is 39.9 Å². The Balaban J connectivity index is 1.94. The summed E-state index contributed by atoms with van der Waals surface area (Å²) in [5.74, 6) is 1.83. The summed E-state index contributed by atoms with van der Waals surface area (Å²) in [6, 6.07) is 4.37. The predicted molar refractivity (Wildman–Crippen MR) is 84.8 cm³/mol. The van der Waals surface area contributed by atoms with Gasteiger partial charge in [0.2, 0.25) is 0 Å². The summed E-state index contributed by atoms with van der Waals surface area (Å²) in [6.07, 6.45) is 4.49. The molecule has 1 aliphatic rings. The van der Waals surface area contributed by atoms with Crippen molar-refractivity contribution in [2.24, 2.45) is 0 Å². The summed E-state index contributed by atoms with van der Waals surface area (Å²) in [4.78, 5) is 11.1. The van der Waals surface area contributed by atoms with Gasteiger partial charge in [-0.15, -0.1) is 0 Å². The Morgan fingerprint density at radius 3 is 2.77 bits per heavy atom. The first kappa shape index (κ1) is 15.0. The maximum atomic E-state index is 5.56. The van der Waals surface area contributed by atoms with Gasteiger partial charge in [-0.25, -0.2) is 9.97 Å². The normalized spacial score (nSPS) is 22.3. The summed E-state index contributed by atoms with van der Waals surface area (Å²) in [5.41, 5.74) is 1.37. The summed E-state index contributed by atoms with van der Waals surface area (Å²) >= 11 is 0. The number of hydrogen-bond acceptors (Lipinski definition) is 5. The van der Waals surface area contributed by atoms with E-state index in [4.69, 9.17) is 4.74 Å². The van der Waals surface area contributed by atoms with E-state index in [2.05, 4.69) is 58.0 Å². The van der Waals surface area contributed by atoms with E-state index in [1.807, 2.05) is 6.20 Å². The lowest BCUT2D eigenvalue weighted by Gasteiger charge is -2.26. The Bertz CT molecular complexity index is 620. The third-order valence-electron chi connectivity index (χ3n) is 4.25. The number of pyridine rings is 1. The molecule has 1 aliphatic heterocycles. The molecule has 2 aromatic rings. The van der Waals surface area contributed by atoms with E-state index in [9.17, 15) is 0 Å². The van der Waals surface area contributed by atoms with Crippen molar-refractivity contribution < 1.29 is 4.74 Å². The molecule has 0 spiro atoms. The quantitative estimate of drug-likeness (QED) is 0.943. The van der Waals surface area contributed by atoms with Gasteiger partial charge < -0.3 is 9.64 Å². The molecule has 1 N–H and O–H groups in total. The highest BCUT2D eigenvalue weighted by Gasteiger charge is 2.36. The van der Waals surface area contributed by atoms with Crippen molar-refractivity contribution in [1.82, 2.24) is 20.2 Å². The van der Waals surface area contributed by atoms with Gasteiger partial charge in [-0.3, -0.25) is 5.10 Å². The van der Waals surface area contributed by atoms with E-state index in [1.54, 1.807) is 13.4 Å². The molecule has 0 unspecified atom stereocenters. The largest absolute Gasteiger partial charge is 0.380 e. The van der Waals surface area contributed by atoms with Crippen LogP contribution in [0.15, 0.2) is 24.7 Å². The zero-order chi connectivity index (χ0) is 15.7. The van der Waals surface area contributed by atoms with Gasteiger partial charge >= 0.3 is 0 Å². The number of methoxy groups -OCH3 is 1. The smallest absolute Gasteiger partial charge is 0.147 e. The van der Waals surface area contributed by atoms with Crippen LogP contribution >= 0.6 is 0 Å². The van der Waals surface area contributed by atoms with Crippen molar-refractivity contribution >= 4 is 5.82 Å². The summed E-state index contributed by atoms with van der Waals surface area (Å²) in [6.45, 7) is 7.44. The lowest BCUT2D eigenvalue weighted by Crippen LogP contribution is -2.27. The van der Waals surface area contributed by atoms with E-state index in [1.165, 1.54) is 5.56 Å². The minimum Gasteiger partial charge on any atom is -0.380 e. The molecule has 1 fully saturated rings. The molecule has 6 nitrogen and oxygen atoms in total. The topological polar surface area (TPSA) is 66.9 Å². The van der Waals surface area contributed by atoms with Crippen molar-refractivity contribution in [3.8, 4) is 0 Å². The van der Waals surface area contributed by atoms with Crippen molar-refractivity contribution in [3.05, 3.63) is 36.0 Å². The van der Waals surface area contributed by atoms with E-state index in [0.717, 1.165) is 24.6 Å². The fourth-order valence-corrected chi connectivity index (χ4v) is 2.90. The van der Waals surface area contributed by atoms with Crippen molar-refractivity contribution in [2.45, 2.75) is 44.8 Å². The number of anilines is 1. The Kier molecular flexibility index (Phi) is 3.87. The first-order chi connectivity index (χ1) is 10.5. The first-order valence-corrected chi connectivity index (χ1v) is 7.60. The molecule has 0 saturated carbocycles. The van der Waals surface area contributed by atoms with Crippen LogP contribution in [0.4, 0.5) is 5.82 Å². The average Bonchev–Trinajstić information content (AvgIpc) is 3.15. The minimum absolute atomic E-state index is 0.0970. The molecule has 2 aromatic heterocycles. The molecular weight excluding hydrogens is 278 g/mol. The molecule has 0 radical (unpaired) electrons. The standard InChI is InChI=1S/C16H23N5O/c1-16(2,3)11-5-6-17-14(7-11)21-9-12(22-4)8-13(21)15-18-10-19-20-15/h5-7,10,12-13H,8-9H2,1-4H3,(H,18,19,20)/t12-,13+/m1/s1. The van der Waals surface area contributed by atoms with Crippen LogP contribution in [0.1, 0.15) is 44.6 Å². The highest BCUT2D eigenvalue weighted by Crippen LogP contribution is 2.36. The zero-order valence-electron chi connectivity index (χ0n) is 13.6.